The monoisotopic (exact) mass is 471 g/mol. The van der Waals surface area contributed by atoms with Crippen molar-refractivity contribution in [3.8, 4) is 11.4 Å². The summed E-state index contributed by atoms with van der Waals surface area (Å²) in [6.45, 7) is 2.29. The maximum absolute atomic E-state index is 13.8. The first kappa shape index (κ1) is 22.4. The number of aromatic nitrogens is 3. The summed E-state index contributed by atoms with van der Waals surface area (Å²) >= 11 is 0. The van der Waals surface area contributed by atoms with Crippen LogP contribution in [0.15, 0.2) is 42.9 Å². The van der Waals surface area contributed by atoms with E-state index in [-0.39, 0.29) is 23.9 Å². The fourth-order valence-electron chi connectivity index (χ4n) is 4.62. The molecule has 2 aliphatic heterocycles. The SMILES string of the molecule is CN1CC(N2CCc3c(ccnc3-c3cc(Cc4cc(F)cc(C(F)(F)F)c4)ncn3)C2=O)C1. The van der Waals surface area contributed by atoms with Gasteiger partial charge in [0.1, 0.15) is 12.1 Å². The Balaban J connectivity index is 1.43. The minimum absolute atomic E-state index is 0.00666. The molecule has 6 nitrogen and oxygen atoms in total. The van der Waals surface area contributed by atoms with Crippen LogP contribution in [-0.2, 0) is 19.0 Å². The normalized spacial score (nSPS) is 17.0. The Hall–Kier alpha value is -3.40. The van der Waals surface area contributed by atoms with Crippen LogP contribution in [0.2, 0.25) is 0 Å². The largest absolute Gasteiger partial charge is 0.416 e. The van der Waals surface area contributed by atoms with Crippen LogP contribution in [-0.4, -0.2) is 63.4 Å². The van der Waals surface area contributed by atoms with Gasteiger partial charge in [0, 0.05) is 43.5 Å². The molecule has 34 heavy (non-hydrogen) atoms. The third kappa shape index (κ3) is 4.25. The van der Waals surface area contributed by atoms with E-state index < -0.39 is 17.6 Å². The molecule has 0 unspecified atom stereocenters. The summed E-state index contributed by atoms with van der Waals surface area (Å²) in [4.78, 5) is 30.1. The number of likely N-dealkylation sites (tertiary alicyclic amines) is 1. The van der Waals surface area contributed by atoms with E-state index >= 15 is 0 Å². The molecular weight excluding hydrogens is 450 g/mol. The molecule has 0 spiro atoms. The number of carbonyl (C=O) groups is 1. The number of pyridine rings is 1. The van der Waals surface area contributed by atoms with E-state index in [1.807, 2.05) is 11.9 Å². The second-order valence-electron chi connectivity index (χ2n) is 8.73. The number of benzene rings is 1. The van der Waals surface area contributed by atoms with Gasteiger partial charge in [-0.25, -0.2) is 14.4 Å². The van der Waals surface area contributed by atoms with E-state index in [1.54, 1.807) is 18.3 Å². The van der Waals surface area contributed by atoms with Crippen molar-refractivity contribution >= 4 is 5.91 Å². The maximum atomic E-state index is 13.8. The van der Waals surface area contributed by atoms with Crippen molar-refractivity contribution in [3.05, 3.63) is 76.6 Å². The Bertz CT molecular complexity index is 1260. The van der Waals surface area contributed by atoms with Crippen LogP contribution in [0.1, 0.15) is 32.7 Å². The van der Waals surface area contributed by atoms with E-state index in [2.05, 4.69) is 19.9 Å². The fraction of sp³-hybridized carbons (Fsp3) is 0.333. The predicted octanol–water partition coefficient (Wildman–Crippen LogP) is 3.60. The lowest BCUT2D eigenvalue weighted by Gasteiger charge is -2.45. The number of rotatable bonds is 4. The topological polar surface area (TPSA) is 62.2 Å². The molecule has 1 saturated heterocycles. The second kappa shape index (κ2) is 8.43. The lowest BCUT2D eigenvalue weighted by Crippen LogP contribution is -2.60. The molecule has 0 N–H and O–H groups in total. The van der Waals surface area contributed by atoms with Crippen molar-refractivity contribution in [3.63, 3.8) is 0 Å². The molecule has 176 valence electrons. The molecule has 0 radical (unpaired) electrons. The molecule has 0 atom stereocenters. The second-order valence-corrected chi connectivity index (χ2v) is 8.73. The van der Waals surface area contributed by atoms with Crippen molar-refractivity contribution in [2.75, 3.05) is 26.7 Å². The molecule has 2 aromatic heterocycles. The molecular formula is C24H21F4N5O. The van der Waals surface area contributed by atoms with Gasteiger partial charge in [-0.2, -0.15) is 13.2 Å². The maximum Gasteiger partial charge on any atom is 0.416 e. The van der Waals surface area contributed by atoms with Gasteiger partial charge >= 0.3 is 6.18 Å². The third-order valence-corrected chi connectivity index (χ3v) is 6.27. The van der Waals surface area contributed by atoms with Crippen molar-refractivity contribution < 1.29 is 22.4 Å². The summed E-state index contributed by atoms with van der Waals surface area (Å²) in [6, 6.07) is 5.99. The van der Waals surface area contributed by atoms with Gasteiger partial charge in [0.2, 0.25) is 0 Å². The van der Waals surface area contributed by atoms with Crippen LogP contribution in [0.4, 0.5) is 17.6 Å². The van der Waals surface area contributed by atoms with Gasteiger partial charge in [-0.3, -0.25) is 9.78 Å². The molecule has 4 heterocycles. The first-order valence-corrected chi connectivity index (χ1v) is 10.8. The zero-order valence-corrected chi connectivity index (χ0v) is 18.3. The highest BCUT2D eigenvalue weighted by Crippen LogP contribution is 2.32. The number of nitrogens with zero attached hydrogens (tertiary/aromatic N) is 5. The third-order valence-electron chi connectivity index (χ3n) is 6.27. The Kier molecular flexibility index (Phi) is 5.55. The van der Waals surface area contributed by atoms with Gasteiger partial charge in [-0.1, -0.05) is 0 Å². The molecule has 0 saturated carbocycles. The van der Waals surface area contributed by atoms with E-state index in [0.717, 1.165) is 30.8 Å². The molecule has 1 amide bonds. The number of hydrogen-bond acceptors (Lipinski definition) is 5. The summed E-state index contributed by atoms with van der Waals surface area (Å²) in [5.41, 5.74) is 1.93. The highest BCUT2D eigenvalue weighted by atomic mass is 19.4. The first-order valence-electron chi connectivity index (χ1n) is 10.8. The predicted molar refractivity (Wildman–Crippen MR) is 115 cm³/mol. The van der Waals surface area contributed by atoms with Gasteiger partial charge in [-0.05, 0) is 54.9 Å². The van der Waals surface area contributed by atoms with E-state index in [0.29, 0.717) is 41.7 Å². The minimum atomic E-state index is -4.64. The smallest absolute Gasteiger partial charge is 0.333 e. The number of amides is 1. The number of carbonyl (C=O) groups excluding carboxylic acids is 1. The molecule has 2 aliphatic rings. The average Bonchev–Trinajstić information content (AvgIpc) is 2.76. The highest BCUT2D eigenvalue weighted by molar-refractivity contribution is 5.98. The molecule has 1 fully saturated rings. The lowest BCUT2D eigenvalue weighted by atomic mass is 9.94. The lowest BCUT2D eigenvalue weighted by molar-refractivity contribution is -0.137. The molecule has 5 rings (SSSR count). The van der Waals surface area contributed by atoms with E-state index in [1.165, 1.54) is 6.33 Å². The molecule has 0 bridgehead atoms. The zero-order chi connectivity index (χ0) is 24.0. The van der Waals surface area contributed by atoms with Crippen LogP contribution >= 0.6 is 0 Å². The van der Waals surface area contributed by atoms with Crippen LogP contribution < -0.4 is 0 Å². The minimum Gasteiger partial charge on any atom is -0.333 e. The van der Waals surface area contributed by atoms with Crippen LogP contribution in [0.25, 0.3) is 11.4 Å². The molecule has 3 aromatic rings. The Morgan fingerprint density at radius 3 is 2.62 bits per heavy atom. The summed E-state index contributed by atoms with van der Waals surface area (Å²) in [7, 11) is 2.02. The molecule has 0 aliphatic carbocycles. The van der Waals surface area contributed by atoms with Crippen LogP contribution in [0.3, 0.4) is 0 Å². The fourth-order valence-corrected chi connectivity index (χ4v) is 4.62. The summed E-state index contributed by atoms with van der Waals surface area (Å²) in [5.74, 6) is -0.990. The number of halogens is 4. The highest BCUT2D eigenvalue weighted by Gasteiger charge is 2.36. The molecule has 1 aromatic carbocycles. The number of likely N-dealkylation sites (N-methyl/N-ethyl adjacent to an activating group) is 1. The van der Waals surface area contributed by atoms with Gasteiger partial charge in [0.15, 0.2) is 0 Å². The standard InChI is InChI=1S/C24H21F4N5O/c1-32-11-18(12-32)33-5-3-19-20(23(33)34)2-4-29-22(19)21-10-17(30-13-31-21)8-14-6-15(24(26,27)28)9-16(25)7-14/h2,4,6-7,9-10,13,18H,3,5,8,11-12H2,1H3. The Labute approximate surface area is 193 Å². The van der Waals surface area contributed by atoms with E-state index in [4.69, 9.17) is 0 Å². The number of alkyl halides is 3. The summed E-state index contributed by atoms with van der Waals surface area (Å²) in [6.07, 6.45) is -1.16. The molecule has 10 heteroatoms. The van der Waals surface area contributed by atoms with Crippen LogP contribution in [0, 0.1) is 5.82 Å². The van der Waals surface area contributed by atoms with E-state index in [9.17, 15) is 22.4 Å². The van der Waals surface area contributed by atoms with Crippen LogP contribution in [0.5, 0.6) is 0 Å². The quantitative estimate of drug-likeness (QED) is 0.545. The Morgan fingerprint density at radius 2 is 1.88 bits per heavy atom. The summed E-state index contributed by atoms with van der Waals surface area (Å²) < 4.78 is 52.9. The zero-order valence-electron chi connectivity index (χ0n) is 18.3. The summed E-state index contributed by atoms with van der Waals surface area (Å²) in [5, 5.41) is 0. The van der Waals surface area contributed by atoms with Crippen molar-refractivity contribution in [2.45, 2.75) is 25.1 Å². The van der Waals surface area contributed by atoms with Crippen molar-refractivity contribution in [2.24, 2.45) is 0 Å². The number of hydrogen-bond donors (Lipinski definition) is 0. The van der Waals surface area contributed by atoms with Crippen molar-refractivity contribution in [1.29, 1.82) is 0 Å². The Morgan fingerprint density at radius 1 is 1.09 bits per heavy atom. The van der Waals surface area contributed by atoms with Crippen molar-refractivity contribution in [1.82, 2.24) is 24.8 Å². The number of fused-ring (bicyclic) bond motifs is 1. The first-order chi connectivity index (χ1) is 16.2. The van der Waals surface area contributed by atoms with Gasteiger partial charge in [0.25, 0.3) is 5.91 Å². The van der Waals surface area contributed by atoms with Gasteiger partial charge < -0.3 is 9.80 Å². The van der Waals surface area contributed by atoms with Gasteiger partial charge in [0.05, 0.1) is 23.0 Å². The average molecular weight is 471 g/mol. The van der Waals surface area contributed by atoms with Gasteiger partial charge in [-0.15, -0.1) is 0 Å².